The molecule has 0 amide bonds. The van der Waals surface area contributed by atoms with Crippen LogP contribution in [0, 0.1) is 23.7 Å². The van der Waals surface area contributed by atoms with Crippen LogP contribution in [-0.4, -0.2) is 61.1 Å². The molecule has 270 valence electrons. The molecule has 0 radical (unpaired) electrons. The molecule has 52 heavy (non-hydrogen) atoms. The van der Waals surface area contributed by atoms with Gasteiger partial charge >= 0.3 is 11.9 Å². The summed E-state index contributed by atoms with van der Waals surface area (Å²) in [6.07, 6.45) is 0.450. The number of carbonyl (C=O) groups excluding carboxylic acids is 3. The molecular weight excluding hydrogens is 664 g/mol. The van der Waals surface area contributed by atoms with Gasteiger partial charge < -0.3 is 35.0 Å². The van der Waals surface area contributed by atoms with Crippen LogP contribution in [0.4, 0.5) is 0 Å². The van der Waals surface area contributed by atoms with E-state index in [1.165, 1.54) is 24.3 Å². The highest BCUT2D eigenvalue weighted by Gasteiger charge is 2.46. The molecule has 7 rings (SSSR count). The minimum atomic E-state index is -1.66. The molecule has 3 aromatic rings. The Morgan fingerprint density at radius 1 is 0.904 bits per heavy atom. The summed E-state index contributed by atoms with van der Waals surface area (Å²) in [5, 5.41) is 55.6. The van der Waals surface area contributed by atoms with Crippen LogP contribution in [-0.2, 0) is 45.0 Å². The van der Waals surface area contributed by atoms with Crippen molar-refractivity contribution >= 4 is 17.7 Å². The summed E-state index contributed by atoms with van der Waals surface area (Å²) in [6.45, 7) is 1.25. The SMILES string of the molecule is C[C@]1(O)[C@@H]2CCC(=O)[C@H](Cc3cccc(c3)C[C@H](O)/C=C3/C[C@@H](c4cc(O)cc(CO)c4)C#C[C@H]4CC(=O)Oc5cc(O)c(cc54)C[C@H]1OC3=O)C2. The lowest BCUT2D eigenvalue weighted by Gasteiger charge is -2.42. The van der Waals surface area contributed by atoms with Crippen molar-refractivity contribution in [3.63, 3.8) is 0 Å². The standard InChI is InChI=1S/C42H42O10/c1-42(50)32-7-8-36(46)29(15-32)10-23-3-2-4-24(9-23)12-33(44)17-31-14-26(28-11-25(22-43)13-34(45)16-28)5-6-27-20-40(48)51-38-21-37(47)30(18-35(27)38)19-39(42)52-41(31)49/h2-4,9,11,13,16-18,21,26-27,29,32-33,39,43-45,47,50H,7-8,10,12,14-15,19-20,22H2,1H3/b31-17-/t26-,27-,29+,32+,33-,39+,42-/m0/s1. The molecular formula is C42H42O10. The Kier molecular flexibility index (Phi) is 9.70. The number of rotatable bonds is 2. The van der Waals surface area contributed by atoms with E-state index in [9.17, 15) is 39.9 Å². The highest BCUT2D eigenvalue weighted by Crippen LogP contribution is 2.43. The van der Waals surface area contributed by atoms with Crippen molar-refractivity contribution in [1.82, 2.24) is 0 Å². The largest absolute Gasteiger partial charge is 0.508 e. The van der Waals surface area contributed by atoms with Crippen molar-refractivity contribution in [1.29, 1.82) is 0 Å². The second-order valence-corrected chi connectivity index (χ2v) is 14.8. The fourth-order valence-corrected chi connectivity index (χ4v) is 8.19. The van der Waals surface area contributed by atoms with Crippen molar-refractivity contribution in [3.05, 3.63) is 99.6 Å². The van der Waals surface area contributed by atoms with Gasteiger partial charge in [0.25, 0.3) is 0 Å². The first-order valence-electron chi connectivity index (χ1n) is 17.8. The lowest BCUT2D eigenvalue weighted by atomic mass is 9.68. The van der Waals surface area contributed by atoms with Crippen molar-refractivity contribution < 1.29 is 49.4 Å². The van der Waals surface area contributed by atoms with E-state index in [2.05, 4.69) is 11.8 Å². The van der Waals surface area contributed by atoms with Crippen LogP contribution in [0.15, 0.2) is 66.2 Å². The number of ketones is 1. The zero-order chi connectivity index (χ0) is 36.7. The summed E-state index contributed by atoms with van der Waals surface area (Å²) in [7, 11) is 0. The third-order valence-electron chi connectivity index (χ3n) is 11.1. The Labute approximate surface area is 301 Å². The average Bonchev–Trinajstić information content (AvgIpc) is 3.10. The van der Waals surface area contributed by atoms with Crippen molar-refractivity contribution in [2.45, 2.75) is 94.5 Å². The molecule has 4 aliphatic rings. The van der Waals surface area contributed by atoms with Gasteiger partial charge in [-0.2, -0.15) is 0 Å². The molecule has 0 aromatic heterocycles. The predicted molar refractivity (Wildman–Crippen MR) is 188 cm³/mol. The number of phenols is 2. The van der Waals surface area contributed by atoms with Crippen LogP contribution in [0.25, 0.3) is 0 Å². The summed E-state index contributed by atoms with van der Waals surface area (Å²) in [5.74, 6) is 2.76. The highest BCUT2D eigenvalue weighted by atomic mass is 16.6. The highest BCUT2D eigenvalue weighted by molar-refractivity contribution is 5.89. The first kappa shape index (κ1) is 35.5. The monoisotopic (exact) mass is 706 g/mol. The quantitative estimate of drug-likeness (QED) is 0.146. The first-order valence-corrected chi connectivity index (χ1v) is 17.8. The molecule has 5 N–H and O–H groups in total. The van der Waals surface area contributed by atoms with Crippen LogP contribution in [0.5, 0.6) is 17.2 Å². The van der Waals surface area contributed by atoms with Crippen LogP contribution in [0.2, 0.25) is 0 Å². The number of phenolic OH excluding ortho intramolecular Hbond substituents is 2. The number of aromatic hydroxyl groups is 2. The second-order valence-electron chi connectivity index (χ2n) is 14.8. The Balaban J connectivity index is 1.42. The molecule has 7 atom stereocenters. The van der Waals surface area contributed by atoms with E-state index in [0.717, 1.165) is 11.1 Å². The van der Waals surface area contributed by atoms with E-state index in [4.69, 9.17) is 9.47 Å². The predicted octanol–water partition coefficient (Wildman–Crippen LogP) is 4.45. The van der Waals surface area contributed by atoms with Gasteiger partial charge in [0.05, 0.1) is 25.0 Å². The molecule has 0 unspecified atom stereocenters. The summed E-state index contributed by atoms with van der Waals surface area (Å²) >= 11 is 0. The number of aliphatic hydroxyl groups is 3. The molecule has 1 saturated carbocycles. The number of Topliss-reactive ketones (excluding diaryl/α,β-unsaturated/α-hetero) is 1. The second kappa shape index (κ2) is 14.2. The molecule has 3 heterocycles. The summed E-state index contributed by atoms with van der Waals surface area (Å²) in [5.41, 5.74) is 1.96. The topological polar surface area (TPSA) is 171 Å². The molecule has 3 aliphatic heterocycles. The maximum absolute atomic E-state index is 14.4. The fourth-order valence-electron chi connectivity index (χ4n) is 8.19. The number of hydrogen-bond acceptors (Lipinski definition) is 10. The summed E-state index contributed by atoms with van der Waals surface area (Å²) in [4.78, 5) is 40.4. The minimum absolute atomic E-state index is 0.0723. The van der Waals surface area contributed by atoms with E-state index in [1.807, 2.05) is 24.3 Å². The molecule has 8 bridgehead atoms. The number of ether oxygens (including phenoxy) is 2. The number of carbonyl (C=O) groups is 3. The van der Waals surface area contributed by atoms with Gasteiger partial charge in [0.15, 0.2) is 0 Å². The maximum Gasteiger partial charge on any atom is 0.334 e. The number of aliphatic hydroxyl groups excluding tert-OH is 2. The number of hydrogen-bond donors (Lipinski definition) is 5. The fraction of sp³-hybridized carbons (Fsp3) is 0.405. The van der Waals surface area contributed by atoms with Gasteiger partial charge in [0.2, 0.25) is 0 Å². The Hall–Kier alpha value is -4.95. The van der Waals surface area contributed by atoms with Crippen molar-refractivity contribution in [3.8, 4) is 29.1 Å². The van der Waals surface area contributed by atoms with Gasteiger partial charge in [0.1, 0.15) is 34.7 Å². The summed E-state index contributed by atoms with van der Waals surface area (Å²) in [6, 6.07) is 15.2. The lowest BCUT2D eigenvalue weighted by Crippen LogP contribution is -2.52. The van der Waals surface area contributed by atoms with E-state index in [0.29, 0.717) is 41.5 Å². The Morgan fingerprint density at radius 2 is 1.67 bits per heavy atom. The number of esters is 2. The third-order valence-corrected chi connectivity index (χ3v) is 11.1. The molecule has 1 fully saturated rings. The zero-order valence-corrected chi connectivity index (χ0v) is 28.9. The molecule has 10 heteroatoms. The first-order chi connectivity index (χ1) is 24.9. The number of benzene rings is 3. The smallest absolute Gasteiger partial charge is 0.334 e. The lowest BCUT2D eigenvalue weighted by molar-refractivity contribution is -0.170. The molecule has 10 nitrogen and oxygen atoms in total. The van der Waals surface area contributed by atoms with Crippen LogP contribution in [0.3, 0.4) is 0 Å². The maximum atomic E-state index is 14.4. The Morgan fingerprint density at radius 3 is 2.46 bits per heavy atom. The van der Waals surface area contributed by atoms with Crippen LogP contribution >= 0.6 is 0 Å². The van der Waals surface area contributed by atoms with Gasteiger partial charge in [-0.1, -0.05) is 42.2 Å². The summed E-state index contributed by atoms with van der Waals surface area (Å²) < 4.78 is 11.8. The van der Waals surface area contributed by atoms with Crippen LogP contribution in [0.1, 0.15) is 84.2 Å². The average molecular weight is 707 g/mol. The van der Waals surface area contributed by atoms with E-state index in [1.54, 1.807) is 19.1 Å². The molecule has 0 saturated heterocycles. The van der Waals surface area contributed by atoms with Gasteiger partial charge in [-0.05, 0) is 90.6 Å². The molecule has 0 spiro atoms. The zero-order valence-electron chi connectivity index (χ0n) is 28.9. The van der Waals surface area contributed by atoms with Crippen molar-refractivity contribution in [2.75, 3.05) is 0 Å². The molecule has 1 aliphatic carbocycles. The van der Waals surface area contributed by atoms with E-state index < -0.39 is 47.5 Å². The molecule has 3 aromatic carbocycles. The van der Waals surface area contributed by atoms with Gasteiger partial charge in [-0.3, -0.25) is 9.59 Å². The Bertz CT molecular complexity index is 2020. The van der Waals surface area contributed by atoms with Gasteiger partial charge in [0, 0.05) is 48.3 Å². The van der Waals surface area contributed by atoms with Crippen LogP contribution < -0.4 is 4.74 Å². The van der Waals surface area contributed by atoms with Gasteiger partial charge in [-0.15, -0.1) is 0 Å². The number of fused-ring (bicyclic) bond motifs is 8. The van der Waals surface area contributed by atoms with Crippen molar-refractivity contribution in [2.24, 2.45) is 11.8 Å². The van der Waals surface area contributed by atoms with Gasteiger partial charge in [-0.25, -0.2) is 4.79 Å². The minimum Gasteiger partial charge on any atom is -0.508 e. The third kappa shape index (κ3) is 7.35. The van der Waals surface area contributed by atoms with E-state index >= 15 is 0 Å². The van der Waals surface area contributed by atoms with E-state index in [-0.39, 0.29) is 73.2 Å². The normalized spacial score (nSPS) is 30.0.